The Labute approximate surface area is 183 Å². The third-order valence-corrected chi connectivity index (χ3v) is 4.99. The molecule has 31 heavy (non-hydrogen) atoms. The monoisotopic (exact) mass is 416 g/mol. The van der Waals surface area contributed by atoms with Crippen LogP contribution in [-0.4, -0.2) is 22.7 Å². The SMILES string of the molecule is C=CCc1ccccc1OCc1cc(/C=C/C(=O)c2cn(CC)nc2C)ccc1OC. The molecule has 3 aromatic rings. The van der Waals surface area contributed by atoms with Crippen LogP contribution < -0.4 is 9.47 Å². The predicted octanol–water partition coefficient (Wildman–Crippen LogP) is 5.42. The Kier molecular flexibility index (Phi) is 7.44. The van der Waals surface area contributed by atoms with Crippen LogP contribution in [0.4, 0.5) is 0 Å². The molecule has 0 amide bonds. The molecule has 0 aliphatic rings. The molecule has 0 N–H and O–H groups in total. The summed E-state index contributed by atoms with van der Waals surface area (Å²) in [6.07, 6.45) is 7.77. The first-order valence-corrected chi connectivity index (χ1v) is 10.3. The maximum absolute atomic E-state index is 12.6. The van der Waals surface area contributed by atoms with Crippen LogP contribution in [0.1, 0.15) is 39.7 Å². The average Bonchev–Trinajstić information content (AvgIpc) is 3.18. The summed E-state index contributed by atoms with van der Waals surface area (Å²) in [4.78, 5) is 12.6. The molecule has 1 aromatic heterocycles. The van der Waals surface area contributed by atoms with Gasteiger partial charge in [-0.2, -0.15) is 5.10 Å². The van der Waals surface area contributed by atoms with Gasteiger partial charge in [0.25, 0.3) is 0 Å². The number of carbonyl (C=O) groups excluding carboxylic acids is 1. The Morgan fingerprint density at radius 1 is 1.16 bits per heavy atom. The Morgan fingerprint density at radius 2 is 1.97 bits per heavy atom. The number of benzene rings is 2. The van der Waals surface area contributed by atoms with Gasteiger partial charge in [-0.1, -0.05) is 36.4 Å². The van der Waals surface area contributed by atoms with Gasteiger partial charge in [-0.3, -0.25) is 9.48 Å². The van der Waals surface area contributed by atoms with Crippen molar-refractivity contribution >= 4 is 11.9 Å². The number of para-hydroxylation sites is 1. The molecule has 5 nitrogen and oxygen atoms in total. The molecule has 0 saturated heterocycles. The first kappa shape index (κ1) is 22.1. The van der Waals surface area contributed by atoms with Crippen LogP contribution in [0.15, 0.2) is 67.4 Å². The lowest BCUT2D eigenvalue weighted by molar-refractivity contribution is 0.104. The van der Waals surface area contributed by atoms with E-state index in [2.05, 4.69) is 11.7 Å². The van der Waals surface area contributed by atoms with Crippen molar-refractivity contribution in [1.29, 1.82) is 0 Å². The Hall–Kier alpha value is -3.60. The highest BCUT2D eigenvalue weighted by Crippen LogP contribution is 2.25. The number of rotatable bonds is 10. The third kappa shape index (κ3) is 5.51. The minimum atomic E-state index is -0.0656. The number of ether oxygens (including phenoxy) is 2. The predicted molar refractivity (Wildman–Crippen MR) is 124 cm³/mol. The van der Waals surface area contributed by atoms with Gasteiger partial charge in [-0.05, 0) is 55.7 Å². The molecule has 0 fully saturated rings. The molecule has 0 aliphatic heterocycles. The van der Waals surface area contributed by atoms with Gasteiger partial charge in [0.1, 0.15) is 18.1 Å². The molecule has 160 valence electrons. The number of aryl methyl sites for hydroxylation is 2. The molecule has 0 radical (unpaired) electrons. The summed E-state index contributed by atoms with van der Waals surface area (Å²) >= 11 is 0. The van der Waals surface area contributed by atoms with Crippen LogP contribution in [0.3, 0.4) is 0 Å². The summed E-state index contributed by atoms with van der Waals surface area (Å²) < 4.78 is 13.3. The maximum Gasteiger partial charge on any atom is 0.189 e. The normalized spacial score (nSPS) is 10.9. The number of hydrogen-bond donors (Lipinski definition) is 0. The van der Waals surface area contributed by atoms with Crippen molar-refractivity contribution < 1.29 is 14.3 Å². The smallest absolute Gasteiger partial charge is 0.189 e. The third-order valence-electron chi connectivity index (χ3n) is 4.99. The van der Waals surface area contributed by atoms with Crippen LogP contribution in [0.25, 0.3) is 6.08 Å². The largest absolute Gasteiger partial charge is 0.496 e. The van der Waals surface area contributed by atoms with Crippen LogP contribution >= 0.6 is 0 Å². The van der Waals surface area contributed by atoms with E-state index in [4.69, 9.17) is 9.47 Å². The van der Waals surface area contributed by atoms with Crippen molar-refractivity contribution in [2.75, 3.05) is 7.11 Å². The first-order chi connectivity index (χ1) is 15.0. The van der Waals surface area contributed by atoms with Crippen molar-refractivity contribution in [1.82, 2.24) is 9.78 Å². The van der Waals surface area contributed by atoms with Gasteiger partial charge in [0.15, 0.2) is 5.78 Å². The van der Waals surface area contributed by atoms with Gasteiger partial charge in [0.2, 0.25) is 0 Å². The van der Waals surface area contributed by atoms with Gasteiger partial charge in [-0.25, -0.2) is 0 Å². The van der Waals surface area contributed by atoms with Gasteiger partial charge < -0.3 is 9.47 Å². The minimum Gasteiger partial charge on any atom is -0.496 e. The van der Waals surface area contributed by atoms with E-state index in [1.54, 1.807) is 30.1 Å². The van der Waals surface area contributed by atoms with Crippen molar-refractivity contribution in [2.24, 2.45) is 0 Å². The number of aromatic nitrogens is 2. The van der Waals surface area contributed by atoms with Crippen molar-refractivity contribution in [3.63, 3.8) is 0 Å². The molecule has 1 heterocycles. The fourth-order valence-corrected chi connectivity index (χ4v) is 3.32. The first-order valence-electron chi connectivity index (χ1n) is 10.3. The van der Waals surface area contributed by atoms with Crippen molar-refractivity contribution in [3.8, 4) is 11.5 Å². The van der Waals surface area contributed by atoms with Crippen molar-refractivity contribution in [2.45, 2.75) is 33.4 Å². The number of nitrogens with zero attached hydrogens (tertiary/aromatic N) is 2. The summed E-state index contributed by atoms with van der Waals surface area (Å²) in [7, 11) is 1.64. The molecule has 0 saturated carbocycles. The molecule has 5 heteroatoms. The van der Waals surface area contributed by atoms with E-state index >= 15 is 0 Å². The fourth-order valence-electron chi connectivity index (χ4n) is 3.32. The second kappa shape index (κ2) is 10.4. The van der Waals surface area contributed by atoms with E-state index in [0.29, 0.717) is 12.2 Å². The average molecular weight is 417 g/mol. The highest BCUT2D eigenvalue weighted by Gasteiger charge is 2.11. The topological polar surface area (TPSA) is 53.4 Å². The standard InChI is InChI=1S/C26H28N2O3/c1-5-9-21-10-7-8-11-26(21)31-18-22-16-20(13-15-25(22)30-4)12-14-24(29)23-17-28(6-2)27-19(23)3/h5,7-8,10-17H,1,6,9,18H2,2-4H3/b14-12+. The summed E-state index contributed by atoms with van der Waals surface area (Å²) in [6, 6.07) is 13.7. The van der Waals surface area contributed by atoms with Gasteiger partial charge >= 0.3 is 0 Å². The number of carbonyl (C=O) groups is 1. The van der Waals surface area contributed by atoms with Crippen LogP contribution in [0.5, 0.6) is 11.5 Å². The zero-order chi connectivity index (χ0) is 22.2. The van der Waals surface area contributed by atoms with Crippen molar-refractivity contribution in [3.05, 3.63) is 95.3 Å². The minimum absolute atomic E-state index is 0.0656. The molecular formula is C26H28N2O3. The lowest BCUT2D eigenvalue weighted by Crippen LogP contribution is -2.01. The molecule has 3 rings (SSSR count). The van der Waals surface area contributed by atoms with E-state index in [0.717, 1.165) is 46.8 Å². The molecular weight excluding hydrogens is 388 g/mol. The summed E-state index contributed by atoms with van der Waals surface area (Å²) in [5, 5.41) is 4.34. The van der Waals surface area contributed by atoms with Gasteiger partial charge in [-0.15, -0.1) is 6.58 Å². The van der Waals surface area contributed by atoms with E-state index in [9.17, 15) is 4.79 Å². The molecule has 0 unspecified atom stereocenters. The molecule has 0 bridgehead atoms. The van der Waals surface area contributed by atoms with Crippen LogP contribution in [0.2, 0.25) is 0 Å². The highest BCUT2D eigenvalue weighted by molar-refractivity contribution is 6.07. The van der Waals surface area contributed by atoms with Gasteiger partial charge in [0.05, 0.1) is 18.4 Å². The van der Waals surface area contributed by atoms with Crippen LogP contribution in [-0.2, 0) is 19.6 Å². The van der Waals surface area contributed by atoms with Crippen LogP contribution in [0, 0.1) is 6.92 Å². The zero-order valence-corrected chi connectivity index (χ0v) is 18.3. The summed E-state index contributed by atoms with van der Waals surface area (Å²) in [5.41, 5.74) is 4.24. The van der Waals surface area contributed by atoms with E-state index < -0.39 is 0 Å². The zero-order valence-electron chi connectivity index (χ0n) is 18.3. The highest BCUT2D eigenvalue weighted by atomic mass is 16.5. The number of allylic oxidation sites excluding steroid dienone is 2. The summed E-state index contributed by atoms with van der Waals surface area (Å²) in [5.74, 6) is 1.50. The molecule has 0 atom stereocenters. The lowest BCUT2D eigenvalue weighted by Gasteiger charge is -2.13. The molecule has 2 aromatic carbocycles. The number of hydrogen-bond acceptors (Lipinski definition) is 4. The fraction of sp³-hybridized carbons (Fsp3) is 0.231. The number of methoxy groups -OCH3 is 1. The second-order valence-corrected chi connectivity index (χ2v) is 7.14. The second-order valence-electron chi connectivity index (χ2n) is 7.14. The molecule has 0 aliphatic carbocycles. The van der Waals surface area contributed by atoms with E-state index in [-0.39, 0.29) is 5.78 Å². The Bertz CT molecular complexity index is 1100. The van der Waals surface area contributed by atoms with E-state index in [1.165, 1.54) is 0 Å². The Morgan fingerprint density at radius 3 is 2.68 bits per heavy atom. The van der Waals surface area contributed by atoms with Gasteiger partial charge in [0, 0.05) is 18.3 Å². The number of ketones is 1. The van der Waals surface area contributed by atoms with E-state index in [1.807, 2.05) is 62.4 Å². The molecule has 0 spiro atoms. The summed E-state index contributed by atoms with van der Waals surface area (Å²) in [6.45, 7) is 8.74. The Balaban J connectivity index is 1.77. The quantitative estimate of drug-likeness (QED) is 0.251. The lowest BCUT2D eigenvalue weighted by atomic mass is 10.1. The maximum atomic E-state index is 12.6.